The first-order chi connectivity index (χ1) is 11.7. The Labute approximate surface area is 150 Å². The monoisotopic (exact) mass is 369 g/mol. The number of sulfonamides is 1. The minimum absolute atomic E-state index is 0.0501. The quantitative estimate of drug-likeness (QED) is 0.877. The van der Waals surface area contributed by atoms with E-state index in [-0.39, 0.29) is 30.1 Å². The molecule has 140 valence electrons. The van der Waals surface area contributed by atoms with Crippen LogP contribution in [0.25, 0.3) is 0 Å². The summed E-state index contributed by atoms with van der Waals surface area (Å²) in [6, 6.07) is 3.29. The van der Waals surface area contributed by atoms with Crippen LogP contribution in [0.5, 0.6) is 5.75 Å². The first-order valence-electron chi connectivity index (χ1n) is 8.37. The lowest BCUT2D eigenvalue weighted by atomic mass is 10.1. The van der Waals surface area contributed by atoms with Crippen LogP contribution in [0, 0.1) is 13.8 Å². The molecule has 0 spiro atoms. The van der Waals surface area contributed by atoms with Gasteiger partial charge in [-0.25, -0.2) is 13.2 Å². The normalized spacial score (nSPS) is 16.2. The molecule has 0 atom stereocenters. The van der Waals surface area contributed by atoms with Crippen LogP contribution in [0.15, 0.2) is 17.0 Å². The number of rotatable bonds is 4. The number of methoxy groups -OCH3 is 1. The summed E-state index contributed by atoms with van der Waals surface area (Å²) in [5, 5.41) is 2.83. The number of carbonyl (C=O) groups excluding carboxylic acids is 1. The summed E-state index contributed by atoms with van der Waals surface area (Å²) in [6.07, 6.45) is 0. The highest BCUT2D eigenvalue weighted by atomic mass is 32.2. The molecule has 1 saturated heterocycles. The number of nitrogens with one attached hydrogen (secondary N) is 1. The number of hydrogen-bond donors (Lipinski definition) is 1. The van der Waals surface area contributed by atoms with Crippen molar-refractivity contribution in [1.29, 1.82) is 0 Å². The summed E-state index contributed by atoms with van der Waals surface area (Å²) in [4.78, 5) is 13.9. The number of hydrogen-bond acceptors (Lipinski definition) is 4. The van der Waals surface area contributed by atoms with E-state index < -0.39 is 10.0 Å². The van der Waals surface area contributed by atoms with Gasteiger partial charge in [-0.15, -0.1) is 0 Å². The molecule has 0 saturated carbocycles. The fourth-order valence-corrected chi connectivity index (χ4v) is 4.38. The zero-order valence-corrected chi connectivity index (χ0v) is 16.3. The molecule has 0 radical (unpaired) electrons. The molecule has 0 aromatic heterocycles. The van der Waals surface area contributed by atoms with Gasteiger partial charge in [0.2, 0.25) is 10.0 Å². The van der Waals surface area contributed by atoms with E-state index in [1.54, 1.807) is 17.0 Å². The van der Waals surface area contributed by atoms with E-state index in [0.29, 0.717) is 18.8 Å². The first kappa shape index (κ1) is 19.5. The molecular formula is C17H27N3O4S. The standard InChI is InChI=1S/C17H27N3O4S/c1-12(2)18-17(21)19-6-8-20(9-7-19)25(22,23)16-11-14(4)13(3)10-15(16)24-5/h10-12H,6-9H2,1-5H3,(H,18,21). The van der Waals surface area contributed by atoms with Crippen LogP contribution in [-0.4, -0.2) is 63.0 Å². The number of amides is 2. The van der Waals surface area contributed by atoms with Crippen LogP contribution < -0.4 is 10.1 Å². The summed E-state index contributed by atoms with van der Waals surface area (Å²) in [6.45, 7) is 8.85. The lowest BCUT2D eigenvalue weighted by Crippen LogP contribution is -2.53. The van der Waals surface area contributed by atoms with Crippen molar-refractivity contribution in [2.24, 2.45) is 0 Å². The zero-order valence-electron chi connectivity index (χ0n) is 15.5. The molecule has 2 amide bonds. The summed E-state index contributed by atoms with van der Waals surface area (Å²) in [5.41, 5.74) is 1.88. The Morgan fingerprint density at radius 3 is 2.20 bits per heavy atom. The highest BCUT2D eigenvalue weighted by molar-refractivity contribution is 7.89. The lowest BCUT2D eigenvalue weighted by Gasteiger charge is -2.34. The Kier molecular flexibility index (Phi) is 5.95. The molecule has 1 aliphatic heterocycles. The molecule has 0 bridgehead atoms. The largest absolute Gasteiger partial charge is 0.495 e. The molecule has 7 nitrogen and oxygen atoms in total. The Hall–Kier alpha value is -1.80. The minimum atomic E-state index is -3.67. The van der Waals surface area contributed by atoms with Crippen molar-refractivity contribution in [3.63, 3.8) is 0 Å². The van der Waals surface area contributed by atoms with Gasteiger partial charge in [0.25, 0.3) is 0 Å². The Bertz CT molecular complexity index is 739. The van der Waals surface area contributed by atoms with Gasteiger partial charge in [0.05, 0.1) is 7.11 Å². The van der Waals surface area contributed by atoms with Gasteiger partial charge in [0.15, 0.2) is 0 Å². The number of aryl methyl sites for hydroxylation is 2. The van der Waals surface area contributed by atoms with Crippen molar-refractivity contribution in [2.75, 3.05) is 33.3 Å². The molecule has 1 heterocycles. The Morgan fingerprint density at radius 1 is 1.12 bits per heavy atom. The van der Waals surface area contributed by atoms with Gasteiger partial charge in [-0.05, 0) is 51.0 Å². The maximum absolute atomic E-state index is 13.0. The van der Waals surface area contributed by atoms with E-state index >= 15 is 0 Å². The van der Waals surface area contributed by atoms with Gasteiger partial charge in [-0.3, -0.25) is 0 Å². The fraction of sp³-hybridized carbons (Fsp3) is 0.588. The molecule has 2 rings (SSSR count). The van der Waals surface area contributed by atoms with Gasteiger partial charge in [-0.1, -0.05) is 0 Å². The highest BCUT2D eigenvalue weighted by Gasteiger charge is 2.32. The maximum Gasteiger partial charge on any atom is 0.317 e. The molecule has 1 fully saturated rings. The van der Waals surface area contributed by atoms with E-state index in [4.69, 9.17) is 4.74 Å². The smallest absolute Gasteiger partial charge is 0.317 e. The van der Waals surface area contributed by atoms with Crippen LogP contribution in [0.3, 0.4) is 0 Å². The van der Waals surface area contributed by atoms with Crippen molar-refractivity contribution < 1.29 is 17.9 Å². The molecule has 1 aromatic rings. The van der Waals surface area contributed by atoms with Crippen LogP contribution in [0.1, 0.15) is 25.0 Å². The highest BCUT2D eigenvalue weighted by Crippen LogP contribution is 2.30. The van der Waals surface area contributed by atoms with Crippen LogP contribution in [0.2, 0.25) is 0 Å². The number of benzene rings is 1. The van der Waals surface area contributed by atoms with Crippen molar-refractivity contribution in [1.82, 2.24) is 14.5 Å². The van der Waals surface area contributed by atoms with Crippen LogP contribution >= 0.6 is 0 Å². The van der Waals surface area contributed by atoms with Gasteiger partial charge in [0, 0.05) is 32.2 Å². The summed E-state index contributed by atoms with van der Waals surface area (Å²) < 4.78 is 32.7. The molecular weight excluding hydrogens is 342 g/mol. The SMILES string of the molecule is COc1cc(C)c(C)cc1S(=O)(=O)N1CCN(C(=O)NC(C)C)CC1. The van der Waals surface area contributed by atoms with E-state index in [0.717, 1.165) is 11.1 Å². The first-order valence-corrected chi connectivity index (χ1v) is 9.81. The fourth-order valence-electron chi connectivity index (χ4n) is 2.73. The summed E-state index contributed by atoms with van der Waals surface area (Å²) in [5.74, 6) is 0.350. The third-order valence-electron chi connectivity index (χ3n) is 4.34. The van der Waals surface area contributed by atoms with Crippen LogP contribution in [0.4, 0.5) is 4.79 Å². The molecule has 0 aliphatic carbocycles. The van der Waals surface area contributed by atoms with Gasteiger partial charge < -0.3 is 15.0 Å². The molecule has 1 aromatic carbocycles. The topological polar surface area (TPSA) is 79.0 Å². The second-order valence-corrected chi connectivity index (χ2v) is 8.49. The number of carbonyl (C=O) groups is 1. The molecule has 25 heavy (non-hydrogen) atoms. The number of nitrogens with zero attached hydrogens (tertiary/aromatic N) is 2. The maximum atomic E-state index is 13.0. The van der Waals surface area contributed by atoms with Crippen molar-refractivity contribution in [3.8, 4) is 5.75 Å². The average molecular weight is 369 g/mol. The van der Waals surface area contributed by atoms with Crippen molar-refractivity contribution >= 4 is 16.1 Å². The molecule has 1 N–H and O–H groups in total. The third-order valence-corrected chi connectivity index (χ3v) is 6.26. The zero-order chi connectivity index (χ0) is 18.8. The molecule has 1 aliphatic rings. The number of piperazine rings is 1. The Morgan fingerprint density at radius 2 is 1.68 bits per heavy atom. The molecule has 8 heteroatoms. The second-order valence-electron chi connectivity index (χ2n) is 6.58. The summed E-state index contributed by atoms with van der Waals surface area (Å²) in [7, 11) is -2.20. The van der Waals surface area contributed by atoms with Crippen LogP contribution in [-0.2, 0) is 10.0 Å². The average Bonchev–Trinajstić information content (AvgIpc) is 2.56. The second kappa shape index (κ2) is 7.61. The Balaban J connectivity index is 2.18. The van der Waals surface area contributed by atoms with E-state index in [2.05, 4.69) is 5.32 Å². The van der Waals surface area contributed by atoms with Crippen molar-refractivity contribution in [3.05, 3.63) is 23.3 Å². The van der Waals surface area contributed by atoms with E-state index in [1.165, 1.54) is 11.4 Å². The van der Waals surface area contributed by atoms with Gasteiger partial charge >= 0.3 is 6.03 Å². The van der Waals surface area contributed by atoms with E-state index in [9.17, 15) is 13.2 Å². The number of urea groups is 1. The van der Waals surface area contributed by atoms with E-state index in [1.807, 2.05) is 27.7 Å². The molecule has 0 unspecified atom stereocenters. The summed E-state index contributed by atoms with van der Waals surface area (Å²) >= 11 is 0. The number of ether oxygens (including phenoxy) is 1. The van der Waals surface area contributed by atoms with Gasteiger partial charge in [0.1, 0.15) is 10.6 Å². The van der Waals surface area contributed by atoms with Crippen molar-refractivity contribution in [2.45, 2.75) is 38.6 Å². The minimum Gasteiger partial charge on any atom is -0.495 e. The van der Waals surface area contributed by atoms with Gasteiger partial charge in [-0.2, -0.15) is 4.31 Å². The lowest BCUT2D eigenvalue weighted by molar-refractivity contribution is 0.170. The predicted octanol–water partition coefficient (Wildman–Crippen LogP) is 1.74. The predicted molar refractivity (Wildman–Crippen MR) is 96.5 cm³/mol. The third kappa shape index (κ3) is 4.24.